The van der Waals surface area contributed by atoms with Crippen molar-refractivity contribution >= 4 is 23.0 Å². The highest BCUT2D eigenvalue weighted by Crippen LogP contribution is 2.40. The van der Waals surface area contributed by atoms with Gasteiger partial charge in [-0.05, 0) is 43.5 Å². The van der Waals surface area contributed by atoms with Gasteiger partial charge in [0.05, 0.1) is 16.9 Å². The summed E-state index contributed by atoms with van der Waals surface area (Å²) in [5.74, 6) is 0.240. The van der Waals surface area contributed by atoms with Crippen LogP contribution in [0.15, 0.2) is 61.3 Å². The number of aliphatic hydroxyl groups excluding tert-OH is 1. The SMILES string of the molecule is C=CC.O=C1CC(CO)Cc2[nH]c(-c3ccnc(NO)c3)c(Nc3ccccc3)c21. The number of aromatic nitrogens is 2. The van der Waals surface area contributed by atoms with Gasteiger partial charge in [-0.3, -0.25) is 15.5 Å². The van der Waals surface area contributed by atoms with Crippen LogP contribution in [0.2, 0.25) is 0 Å². The zero-order chi connectivity index (χ0) is 21.5. The number of anilines is 3. The summed E-state index contributed by atoms with van der Waals surface area (Å²) in [6.07, 6.45) is 4.26. The van der Waals surface area contributed by atoms with E-state index in [0.717, 1.165) is 22.6 Å². The first-order valence-electron chi connectivity index (χ1n) is 9.75. The summed E-state index contributed by atoms with van der Waals surface area (Å²) in [7, 11) is 0. The molecule has 156 valence electrons. The molecule has 1 aliphatic carbocycles. The Kier molecular flexibility index (Phi) is 7.00. The Morgan fingerprint density at radius 3 is 2.67 bits per heavy atom. The molecule has 2 aromatic heterocycles. The lowest BCUT2D eigenvalue weighted by atomic mass is 9.86. The number of fused-ring (bicyclic) bond motifs is 1. The number of hydrogen-bond acceptors (Lipinski definition) is 6. The highest BCUT2D eigenvalue weighted by atomic mass is 16.5. The molecule has 7 heteroatoms. The van der Waals surface area contributed by atoms with Gasteiger partial charge in [0.2, 0.25) is 0 Å². The Bertz CT molecular complexity index is 1010. The van der Waals surface area contributed by atoms with Gasteiger partial charge >= 0.3 is 0 Å². The number of nitrogens with one attached hydrogen (secondary N) is 3. The number of ketones is 1. The fourth-order valence-corrected chi connectivity index (χ4v) is 3.52. The van der Waals surface area contributed by atoms with Crippen molar-refractivity contribution in [2.75, 3.05) is 17.4 Å². The maximum Gasteiger partial charge on any atom is 0.167 e. The van der Waals surface area contributed by atoms with E-state index in [1.54, 1.807) is 18.3 Å². The Morgan fingerprint density at radius 2 is 2.00 bits per heavy atom. The van der Waals surface area contributed by atoms with Gasteiger partial charge in [0.15, 0.2) is 5.78 Å². The van der Waals surface area contributed by atoms with E-state index in [-0.39, 0.29) is 18.3 Å². The average molecular weight is 406 g/mol. The minimum Gasteiger partial charge on any atom is -0.396 e. The maximum atomic E-state index is 12.8. The molecule has 4 rings (SSSR count). The molecule has 30 heavy (non-hydrogen) atoms. The van der Waals surface area contributed by atoms with Crippen molar-refractivity contribution in [3.05, 3.63) is 72.6 Å². The molecule has 0 fully saturated rings. The van der Waals surface area contributed by atoms with Crippen molar-refractivity contribution in [3.8, 4) is 11.3 Å². The quantitative estimate of drug-likeness (QED) is 0.314. The molecule has 0 amide bonds. The zero-order valence-corrected chi connectivity index (χ0v) is 16.9. The molecule has 0 aliphatic heterocycles. The number of allylic oxidation sites excluding steroid dienone is 1. The molecule has 7 nitrogen and oxygen atoms in total. The van der Waals surface area contributed by atoms with Crippen LogP contribution >= 0.6 is 0 Å². The summed E-state index contributed by atoms with van der Waals surface area (Å²) < 4.78 is 0. The normalized spacial score (nSPS) is 14.9. The fourth-order valence-electron chi connectivity index (χ4n) is 3.52. The number of benzene rings is 1. The number of rotatable bonds is 5. The van der Waals surface area contributed by atoms with Gasteiger partial charge in [0, 0.05) is 36.2 Å². The van der Waals surface area contributed by atoms with Crippen LogP contribution in [0, 0.1) is 5.92 Å². The molecule has 1 aromatic carbocycles. The molecule has 1 atom stereocenters. The summed E-state index contributed by atoms with van der Waals surface area (Å²) in [5.41, 5.74) is 6.59. The van der Waals surface area contributed by atoms with Crippen LogP contribution in [-0.4, -0.2) is 32.7 Å². The van der Waals surface area contributed by atoms with Gasteiger partial charge in [-0.25, -0.2) is 4.98 Å². The minimum atomic E-state index is -0.0758. The summed E-state index contributed by atoms with van der Waals surface area (Å²) in [6, 6.07) is 13.1. The lowest BCUT2D eigenvalue weighted by Crippen LogP contribution is -2.22. The molecular weight excluding hydrogens is 380 g/mol. The van der Waals surface area contributed by atoms with E-state index in [1.165, 1.54) is 0 Å². The van der Waals surface area contributed by atoms with Gasteiger partial charge in [-0.15, -0.1) is 6.58 Å². The number of pyridine rings is 1. The van der Waals surface area contributed by atoms with E-state index in [4.69, 9.17) is 5.21 Å². The molecule has 0 bridgehead atoms. The number of para-hydroxylation sites is 1. The van der Waals surface area contributed by atoms with Crippen LogP contribution in [0.1, 0.15) is 29.4 Å². The highest BCUT2D eigenvalue weighted by Gasteiger charge is 2.31. The average Bonchev–Trinajstić information content (AvgIpc) is 3.13. The second-order valence-corrected chi connectivity index (χ2v) is 7.05. The number of carbonyl (C=O) groups is 1. The van der Waals surface area contributed by atoms with Crippen molar-refractivity contribution in [1.82, 2.24) is 9.97 Å². The third-order valence-corrected chi connectivity index (χ3v) is 4.79. The van der Waals surface area contributed by atoms with Crippen LogP contribution in [0.3, 0.4) is 0 Å². The van der Waals surface area contributed by atoms with E-state index >= 15 is 0 Å². The highest BCUT2D eigenvalue weighted by molar-refractivity contribution is 6.07. The number of nitrogens with zero attached hydrogens (tertiary/aromatic N) is 1. The van der Waals surface area contributed by atoms with Crippen molar-refractivity contribution in [1.29, 1.82) is 0 Å². The smallest absolute Gasteiger partial charge is 0.167 e. The Balaban J connectivity index is 0.000000806. The molecule has 1 aliphatic rings. The third-order valence-electron chi connectivity index (χ3n) is 4.79. The van der Waals surface area contributed by atoms with Gasteiger partial charge < -0.3 is 15.4 Å². The van der Waals surface area contributed by atoms with E-state index in [1.807, 2.05) is 48.8 Å². The third kappa shape index (κ3) is 4.59. The van der Waals surface area contributed by atoms with Crippen LogP contribution in [0.4, 0.5) is 17.2 Å². The molecule has 0 radical (unpaired) electrons. The lowest BCUT2D eigenvalue weighted by molar-refractivity contribution is 0.0919. The van der Waals surface area contributed by atoms with Gasteiger partial charge in [0.25, 0.3) is 0 Å². The largest absolute Gasteiger partial charge is 0.396 e. The second-order valence-electron chi connectivity index (χ2n) is 7.05. The number of Topliss-reactive ketones (excluding diaryl/α,β-unsaturated/α-hetero) is 1. The zero-order valence-electron chi connectivity index (χ0n) is 16.9. The summed E-state index contributed by atoms with van der Waals surface area (Å²) in [6.45, 7) is 5.23. The monoisotopic (exact) mass is 406 g/mol. The number of hydrogen-bond donors (Lipinski definition) is 5. The maximum absolute atomic E-state index is 12.8. The molecular formula is C23H26N4O3. The molecule has 0 saturated carbocycles. The molecule has 1 unspecified atom stereocenters. The van der Waals surface area contributed by atoms with Crippen molar-refractivity contribution in [2.45, 2.75) is 19.8 Å². The van der Waals surface area contributed by atoms with Crippen molar-refractivity contribution in [2.24, 2.45) is 5.92 Å². The van der Waals surface area contributed by atoms with Crippen LogP contribution in [0.25, 0.3) is 11.3 Å². The predicted molar refractivity (Wildman–Crippen MR) is 118 cm³/mol. The van der Waals surface area contributed by atoms with Crippen LogP contribution in [-0.2, 0) is 6.42 Å². The number of aliphatic hydroxyl groups is 1. The second kappa shape index (κ2) is 9.87. The minimum absolute atomic E-state index is 0.00536. The standard InChI is InChI=1S/C20H20N4O3.C3H6/c25-11-12-8-15-18(16(26)9-12)20(22-14-4-2-1-3-5-14)19(23-15)13-6-7-21-17(10-13)24-27;1-3-2/h1-7,10,12,22-23,25,27H,8-9,11H2,(H,21,24);3H,1H2,2H3. The summed E-state index contributed by atoms with van der Waals surface area (Å²) in [5, 5.41) is 22.0. The Morgan fingerprint density at radius 1 is 1.27 bits per heavy atom. The van der Waals surface area contributed by atoms with Crippen molar-refractivity contribution < 1.29 is 15.1 Å². The van der Waals surface area contributed by atoms with Gasteiger partial charge in [-0.2, -0.15) is 0 Å². The van der Waals surface area contributed by atoms with Crippen molar-refractivity contribution in [3.63, 3.8) is 0 Å². The topological polar surface area (TPSA) is 110 Å². The predicted octanol–water partition coefficient (Wildman–Crippen LogP) is 4.55. The van der Waals surface area contributed by atoms with E-state index < -0.39 is 0 Å². The van der Waals surface area contributed by atoms with Crippen LogP contribution < -0.4 is 10.8 Å². The lowest BCUT2D eigenvalue weighted by Gasteiger charge is -2.20. The number of H-pyrrole nitrogens is 1. The van der Waals surface area contributed by atoms with Gasteiger partial charge in [0.1, 0.15) is 5.82 Å². The van der Waals surface area contributed by atoms with E-state index in [0.29, 0.717) is 29.9 Å². The molecule has 0 saturated heterocycles. The van der Waals surface area contributed by atoms with Gasteiger partial charge in [-0.1, -0.05) is 24.3 Å². The molecule has 5 N–H and O–H groups in total. The van der Waals surface area contributed by atoms with E-state index in [2.05, 4.69) is 21.9 Å². The van der Waals surface area contributed by atoms with E-state index in [9.17, 15) is 9.90 Å². The molecule has 2 heterocycles. The summed E-state index contributed by atoms with van der Waals surface area (Å²) in [4.78, 5) is 20.2. The Labute approximate surface area is 175 Å². The molecule has 3 aromatic rings. The molecule has 0 spiro atoms. The first-order chi connectivity index (χ1) is 14.6. The fraction of sp³-hybridized carbons (Fsp3) is 0.217. The first-order valence-corrected chi connectivity index (χ1v) is 9.75. The number of carbonyl (C=O) groups excluding carboxylic acids is 1. The van der Waals surface area contributed by atoms with Crippen LogP contribution in [0.5, 0.6) is 0 Å². The first kappa shape index (κ1) is 21.3. The Hall–Kier alpha value is -3.42. The summed E-state index contributed by atoms with van der Waals surface area (Å²) >= 11 is 0. The number of aromatic amines is 1.